The van der Waals surface area contributed by atoms with Crippen LogP contribution in [0.15, 0.2) is 39.5 Å². The molecule has 0 aromatic carbocycles. The van der Waals surface area contributed by atoms with Gasteiger partial charge in [0.1, 0.15) is 11.1 Å². The maximum atomic E-state index is 12.9. The third-order valence-corrected chi connectivity index (χ3v) is 5.67. The van der Waals surface area contributed by atoms with Gasteiger partial charge in [0.25, 0.3) is 17.4 Å². The van der Waals surface area contributed by atoms with E-state index in [2.05, 4.69) is 0 Å². The van der Waals surface area contributed by atoms with Gasteiger partial charge in [0.2, 0.25) is 5.88 Å². The van der Waals surface area contributed by atoms with Gasteiger partial charge in [-0.2, -0.15) is 0 Å². The smallest absolute Gasteiger partial charge is 0.334 e. The van der Waals surface area contributed by atoms with Crippen LogP contribution in [0.1, 0.15) is 5.56 Å². The second-order valence-electron chi connectivity index (χ2n) is 8.12. The van der Waals surface area contributed by atoms with Crippen LogP contribution in [0.3, 0.4) is 0 Å². The van der Waals surface area contributed by atoms with Crippen molar-refractivity contribution in [2.75, 3.05) is 68.0 Å². The Labute approximate surface area is 224 Å². The summed E-state index contributed by atoms with van der Waals surface area (Å²) in [5, 5.41) is 10.6. The van der Waals surface area contributed by atoms with Crippen LogP contribution in [0.2, 0.25) is 0 Å². The summed E-state index contributed by atoms with van der Waals surface area (Å²) in [6.45, 7) is 0.319. The molecule has 1 saturated heterocycles. The normalized spacial score (nSPS) is 14.5. The molecule has 4 amide bonds. The van der Waals surface area contributed by atoms with Gasteiger partial charge < -0.3 is 24.1 Å². The number of rotatable bonds is 15. The number of carbonyl (C=O) groups excluding carboxylic acids is 3. The third-order valence-electron chi connectivity index (χ3n) is 5.67. The number of amides is 4. The monoisotopic (exact) mass is 550 g/mol. The predicted molar refractivity (Wildman–Crippen MR) is 139 cm³/mol. The summed E-state index contributed by atoms with van der Waals surface area (Å²) in [4.78, 5) is 65.8. The Kier molecular flexibility index (Phi) is 12.5. The lowest BCUT2D eigenvalue weighted by molar-refractivity contribution is -0.136. The molecule has 1 N–H and O–H groups in total. The Morgan fingerprint density at radius 2 is 1.15 bits per heavy atom. The summed E-state index contributed by atoms with van der Waals surface area (Å²) in [6.07, 6.45) is 6.74. The Morgan fingerprint density at radius 3 is 1.67 bits per heavy atom. The largest absolute Gasteiger partial charge is 0.494 e. The Bertz CT molecular complexity index is 1210. The number of carbonyl (C=O) groups is 3. The zero-order valence-corrected chi connectivity index (χ0v) is 22.5. The second kappa shape index (κ2) is 15.5. The van der Waals surface area contributed by atoms with E-state index in [4.69, 9.17) is 18.9 Å². The van der Waals surface area contributed by atoms with Crippen molar-refractivity contribution in [3.63, 3.8) is 0 Å². The highest BCUT2D eigenvalue weighted by atomic mass is 16.5. The fourth-order valence-electron chi connectivity index (χ4n) is 3.59. The van der Waals surface area contributed by atoms with Gasteiger partial charge in [-0.05, 0) is 12.2 Å². The van der Waals surface area contributed by atoms with E-state index in [1.807, 2.05) is 0 Å². The first-order valence-corrected chi connectivity index (χ1v) is 12.0. The Hall–Kier alpha value is -3.85. The van der Waals surface area contributed by atoms with Gasteiger partial charge in [-0.3, -0.25) is 33.3 Å². The van der Waals surface area contributed by atoms with Crippen LogP contribution in [0.25, 0.3) is 6.08 Å². The van der Waals surface area contributed by atoms with E-state index >= 15 is 0 Å². The van der Waals surface area contributed by atoms with Crippen LogP contribution in [0.5, 0.6) is 5.88 Å². The van der Waals surface area contributed by atoms with E-state index in [-0.39, 0.29) is 63.7 Å². The number of nitrogens with zero attached hydrogens (tertiary/aromatic N) is 4. The van der Waals surface area contributed by atoms with Crippen molar-refractivity contribution in [1.82, 2.24) is 18.9 Å². The predicted octanol–water partition coefficient (Wildman–Crippen LogP) is -0.412. The zero-order chi connectivity index (χ0) is 28.9. The molecule has 0 aliphatic carbocycles. The molecule has 1 aromatic rings. The van der Waals surface area contributed by atoms with Crippen molar-refractivity contribution in [2.45, 2.75) is 13.1 Å². The minimum absolute atomic E-state index is 0.0132. The molecule has 14 nitrogen and oxygen atoms in total. The number of hydrogen-bond acceptors (Lipinski definition) is 10. The van der Waals surface area contributed by atoms with Crippen LogP contribution in [-0.4, -0.2) is 110 Å². The highest BCUT2D eigenvalue weighted by Gasteiger charge is 2.41. The molecule has 0 spiro atoms. The molecule has 1 aromatic heterocycles. The van der Waals surface area contributed by atoms with Crippen LogP contribution in [0, 0.1) is 0 Å². The van der Waals surface area contributed by atoms with E-state index in [9.17, 15) is 29.1 Å². The third kappa shape index (κ3) is 7.60. The van der Waals surface area contributed by atoms with Gasteiger partial charge in [0.15, 0.2) is 0 Å². The summed E-state index contributed by atoms with van der Waals surface area (Å²) in [6, 6.07) is -0.760. The van der Waals surface area contributed by atoms with Gasteiger partial charge in [-0.1, -0.05) is 18.2 Å². The lowest BCUT2D eigenvalue weighted by Gasteiger charge is -2.33. The molecule has 2 heterocycles. The SMILES string of the molecule is COCCN1C(=O)C(=C/C=C/C=C/c2c(O)n(CCOC)c(=O)n(CCOC)c2=O)C(=O)N(CCOC)C1=O. The minimum atomic E-state index is -0.770. The van der Waals surface area contributed by atoms with Gasteiger partial charge in [0, 0.05) is 28.4 Å². The van der Waals surface area contributed by atoms with E-state index < -0.39 is 35.0 Å². The zero-order valence-electron chi connectivity index (χ0n) is 22.5. The molecule has 0 unspecified atom stereocenters. The number of hydrogen-bond donors (Lipinski definition) is 1. The molecule has 0 atom stereocenters. The highest BCUT2D eigenvalue weighted by molar-refractivity contribution is 6.28. The number of ether oxygens (including phenoxy) is 4. The summed E-state index contributed by atoms with van der Waals surface area (Å²) >= 11 is 0. The molecule has 0 bridgehead atoms. The molecule has 14 heteroatoms. The molecule has 0 radical (unpaired) electrons. The van der Waals surface area contributed by atoms with E-state index in [1.54, 1.807) is 0 Å². The van der Waals surface area contributed by atoms with E-state index in [0.717, 1.165) is 18.9 Å². The first kappa shape index (κ1) is 31.4. The number of methoxy groups -OCH3 is 4. The first-order chi connectivity index (χ1) is 18.7. The molecular formula is C25H34N4O10. The summed E-state index contributed by atoms with van der Waals surface area (Å²) in [5.41, 5.74) is -1.82. The van der Waals surface area contributed by atoms with Crippen LogP contribution >= 0.6 is 0 Å². The van der Waals surface area contributed by atoms with Crippen LogP contribution in [0.4, 0.5) is 4.79 Å². The molecule has 1 aliphatic heterocycles. The Morgan fingerprint density at radius 1 is 0.667 bits per heavy atom. The molecule has 1 fully saturated rings. The second-order valence-corrected chi connectivity index (χ2v) is 8.12. The number of aromatic hydroxyl groups is 1. The fourth-order valence-corrected chi connectivity index (χ4v) is 3.59. The highest BCUT2D eigenvalue weighted by Crippen LogP contribution is 2.18. The van der Waals surface area contributed by atoms with Crippen molar-refractivity contribution in [1.29, 1.82) is 0 Å². The summed E-state index contributed by atoms with van der Waals surface area (Å²) in [7, 11) is 5.72. The van der Waals surface area contributed by atoms with Crippen molar-refractivity contribution < 1.29 is 38.4 Å². The molecule has 214 valence electrons. The summed E-state index contributed by atoms with van der Waals surface area (Å²) in [5.74, 6) is -2.07. The number of imide groups is 2. The molecule has 2 rings (SSSR count). The average molecular weight is 551 g/mol. The van der Waals surface area contributed by atoms with Crippen molar-refractivity contribution in [2.24, 2.45) is 0 Å². The maximum Gasteiger partial charge on any atom is 0.334 e. The van der Waals surface area contributed by atoms with Gasteiger partial charge in [0.05, 0.1) is 52.6 Å². The number of aromatic nitrogens is 2. The van der Waals surface area contributed by atoms with E-state index in [0.29, 0.717) is 0 Å². The molecule has 39 heavy (non-hydrogen) atoms. The quantitative estimate of drug-likeness (QED) is 0.173. The number of urea groups is 1. The van der Waals surface area contributed by atoms with Gasteiger partial charge >= 0.3 is 11.7 Å². The number of allylic oxidation sites excluding steroid dienone is 4. The lowest BCUT2D eigenvalue weighted by Crippen LogP contribution is -2.57. The van der Waals surface area contributed by atoms with Gasteiger partial charge in [-0.25, -0.2) is 9.59 Å². The average Bonchev–Trinajstić information content (AvgIpc) is 2.91. The molecule has 1 aliphatic rings. The van der Waals surface area contributed by atoms with Crippen LogP contribution < -0.4 is 11.2 Å². The number of barbiturate groups is 1. The summed E-state index contributed by atoms with van der Waals surface area (Å²) < 4.78 is 21.8. The van der Waals surface area contributed by atoms with Crippen LogP contribution in [-0.2, 0) is 41.6 Å². The van der Waals surface area contributed by atoms with E-state index in [1.165, 1.54) is 58.8 Å². The Balaban J connectivity index is 2.39. The van der Waals surface area contributed by atoms with Crippen molar-refractivity contribution >= 4 is 23.9 Å². The van der Waals surface area contributed by atoms with Gasteiger partial charge in [-0.15, -0.1) is 0 Å². The molecule has 0 saturated carbocycles. The maximum absolute atomic E-state index is 12.9. The topological polar surface area (TPSA) is 159 Å². The standard InChI is InChI=1S/C25H34N4O10/c1-36-14-10-26-20(30)18(21(31)27(24(26)34)11-15-37-2)8-6-5-7-9-19-22(32)28(12-16-38-3)25(35)29(23(19)33)13-17-39-4/h5-9,30H,10-17H2,1-4H3/b7-5+,8-6+. The van der Waals surface area contributed by atoms with Crippen molar-refractivity contribution in [3.8, 4) is 5.88 Å². The minimum Gasteiger partial charge on any atom is -0.494 e. The first-order valence-electron chi connectivity index (χ1n) is 12.0. The lowest BCUT2D eigenvalue weighted by atomic mass is 10.1. The molecular weight excluding hydrogens is 516 g/mol. The fraction of sp³-hybridized carbons (Fsp3) is 0.480. The van der Waals surface area contributed by atoms with Crippen molar-refractivity contribution in [3.05, 3.63) is 56.3 Å².